The van der Waals surface area contributed by atoms with Gasteiger partial charge in [0.05, 0.1) is 13.0 Å². The molecule has 1 aliphatic heterocycles. The van der Waals surface area contributed by atoms with E-state index >= 15 is 0 Å². The molecule has 10 atom stereocenters. The van der Waals surface area contributed by atoms with Crippen molar-refractivity contribution >= 4 is 93.3 Å². The number of amides is 12. The van der Waals surface area contributed by atoms with E-state index in [1.54, 1.807) is 50.2 Å². The molecule has 0 bridgehead atoms. The monoisotopic (exact) mass is 1410 g/mol. The van der Waals surface area contributed by atoms with Crippen LogP contribution in [0.3, 0.4) is 0 Å². The number of aliphatic hydroxyl groups excluding tert-OH is 1. The fourth-order valence-electron chi connectivity index (χ4n) is 11.7. The van der Waals surface area contributed by atoms with Gasteiger partial charge in [-0.25, -0.2) is 0 Å². The summed E-state index contributed by atoms with van der Waals surface area (Å²) in [4.78, 5) is 175. The minimum Gasteiger partial charge on any atom is -0.508 e. The number of likely N-dealkylation sites (tertiary alicyclic amines) is 1. The molecule has 6 rings (SSSR count). The predicted molar refractivity (Wildman–Crippen MR) is 377 cm³/mol. The lowest BCUT2D eigenvalue weighted by molar-refractivity contribution is -0.144. The molecule has 4 aromatic carbocycles. The van der Waals surface area contributed by atoms with Gasteiger partial charge >= 0.3 is 0 Å². The van der Waals surface area contributed by atoms with Gasteiger partial charge in [0, 0.05) is 69.7 Å². The number of nitrogens with one attached hydrogen (secondary N) is 9. The number of fused-ring (bicyclic) bond motifs is 1. The standard InChI is InChI=1S/C72H95ClN14O14/c1-41(2)32-54(64(93)80-53(17-10-11-30-77-42(3)4)72(101)87-31-13-18-60(87)69(98)78-43(5)63(75)92)81-68(97)58(38-62(74)91)84-70(99)61(37-46-22-27-52(90)28-23-46)86(7)71(100)59(40-88)85-67(96)57(36-48-14-12-29-76-39-48)83-66(95)56(34-45-20-25-51(73)26-21-45)82-65(94)55(79-44(6)89)35-47-19-24-49-15-8-9-16-50(49)33-47/h8-9,12,14-16,19-29,33,39,41-43,53-61,77,88,90H,10-11,13,17-18,30-32,34-38,40H2,1-7H3,(H2,74,91)(H2,75,92)(H,78,98)(H,79,89)(H,80,93)(H,81,97)(H,82,94)(H,83,95)(H,84,99)(H,85,96)/t43-,53+,54+,55-,56-,57-,58-,59?,60?,61+/m1/s1. The maximum atomic E-state index is 14.9. The number of phenols is 1. The SMILES string of the molecule is CC(=O)N[C@H](Cc1ccc2ccccc2c1)C(=O)N[C@H](Cc1ccc(Cl)cc1)C(=O)N[C@H](Cc1cccnc1)C(=O)NC(CO)C(=O)N(C)[C@@H](Cc1ccc(O)cc1)C(=O)N[C@H](CC(N)=O)C(=O)N[C@@H](CC(C)C)C(=O)N[C@@H](CCCCNC(C)C)C(=O)N1CCCC1C(=O)N[C@H](C)C(N)=O. The van der Waals surface area contributed by atoms with Gasteiger partial charge < -0.3 is 79.3 Å². The van der Waals surface area contributed by atoms with Crippen LogP contribution in [-0.4, -0.2) is 189 Å². The summed E-state index contributed by atoms with van der Waals surface area (Å²) < 4.78 is 0. The second-order valence-corrected chi connectivity index (χ2v) is 26.6. The lowest BCUT2D eigenvalue weighted by Gasteiger charge is -2.32. The van der Waals surface area contributed by atoms with E-state index in [1.165, 1.54) is 62.5 Å². The second kappa shape index (κ2) is 39.1. The Labute approximate surface area is 592 Å². The summed E-state index contributed by atoms with van der Waals surface area (Å²) in [6.45, 7) is 9.83. The molecule has 0 spiro atoms. The maximum Gasteiger partial charge on any atom is 0.247 e. The zero-order valence-corrected chi connectivity index (χ0v) is 58.7. The normalized spacial score (nSPS) is 15.4. The first kappa shape index (κ1) is 79.9. The van der Waals surface area contributed by atoms with Crippen molar-refractivity contribution in [1.82, 2.24) is 62.6 Å². The largest absolute Gasteiger partial charge is 0.508 e. The van der Waals surface area contributed by atoms with E-state index < -0.39 is 144 Å². The van der Waals surface area contributed by atoms with Crippen LogP contribution in [0.25, 0.3) is 10.8 Å². The molecule has 1 aliphatic rings. The van der Waals surface area contributed by atoms with Crippen LogP contribution in [0, 0.1) is 5.92 Å². The molecule has 101 heavy (non-hydrogen) atoms. The lowest BCUT2D eigenvalue weighted by atomic mass is 9.99. The number of hydrogen-bond donors (Lipinski definition) is 13. The van der Waals surface area contributed by atoms with E-state index in [-0.39, 0.29) is 69.2 Å². The molecule has 15 N–H and O–H groups in total. The number of benzene rings is 4. The summed E-state index contributed by atoms with van der Waals surface area (Å²) in [7, 11) is 1.18. The van der Waals surface area contributed by atoms with Crippen LogP contribution in [-0.2, 0) is 83.2 Å². The number of phenolic OH excluding ortho intramolecular Hbond substituents is 1. The first-order valence-electron chi connectivity index (χ1n) is 33.8. The van der Waals surface area contributed by atoms with E-state index in [0.29, 0.717) is 53.1 Å². The topological polar surface area (TPSA) is 425 Å². The van der Waals surface area contributed by atoms with Gasteiger partial charge in [-0.2, -0.15) is 0 Å². The molecule has 2 unspecified atom stereocenters. The third kappa shape index (κ3) is 25.3. The highest BCUT2D eigenvalue weighted by atomic mass is 35.5. The number of nitrogens with zero attached hydrogens (tertiary/aromatic N) is 3. The number of aliphatic hydroxyl groups is 1. The number of carbonyl (C=O) groups is 12. The molecule has 0 radical (unpaired) electrons. The Morgan fingerprint density at radius 3 is 1.74 bits per heavy atom. The number of aromatic hydroxyl groups is 1. The van der Waals surface area contributed by atoms with Gasteiger partial charge in [-0.3, -0.25) is 62.5 Å². The number of nitrogens with two attached hydrogens (primary N) is 2. The van der Waals surface area contributed by atoms with E-state index in [0.717, 1.165) is 15.7 Å². The van der Waals surface area contributed by atoms with E-state index in [9.17, 15) is 67.7 Å². The first-order valence-corrected chi connectivity index (χ1v) is 34.2. The number of hydrogen-bond acceptors (Lipinski definition) is 16. The number of likely N-dealkylation sites (N-methyl/N-ethyl adjacent to an activating group) is 1. The Hall–Kier alpha value is -10.1. The molecule has 1 fully saturated rings. The average molecular weight is 1420 g/mol. The molecule has 5 aromatic rings. The van der Waals surface area contributed by atoms with Gasteiger partial charge in [-0.15, -0.1) is 0 Å². The van der Waals surface area contributed by atoms with Gasteiger partial charge in [-0.05, 0) is 121 Å². The summed E-state index contributed by atoms with van der Waals surface area (Å²) in [6, 6.07) is 14.5. The van der Waals surface area contributed by atoms with Crippen molar-refractivity contribution in [3.8, 4) is 5.75 Å². The van der Waals surface area contributed by atoms with E-state index in [2.05, 4.69) is 52.8 Å². The van der Waals surface area contributed by atoms with E-state index in [4.69, 9.17) is 23.1 Å². The summed E-state index contributed by atoms with van der Waals surface area (Å²) in [5.74, 6) is -10.6. The molecule has 2 heterocycles. The van der Waals surface area contributed by atoms with Crippen molar-refractivity contribution in [1.29, 1.82) is 0 Å². The zero-order valence-electron chi connectivity index (χ0n) is 58.0. The summed E-state index contributed by atoms with van der Waals surface area (Å²) >= 11 is 6.23. The van der Waals surface area contributed by atoms with Gasteiger partial charge in [-0.1, -0.05) is 112 Å². The summed E-state index contributed by atoms with van der Waals surface area (Å²) in [6.07, 6.45) is 3.23. The minimum absolute atomic E-state index is 0.0240. The van der Waals surface area contributed by atoms with Gasteiger partial charge in [0.15, 0.2) is 0 Å². The molecule has 0 aliphatic carbocycles. The Morgan fingerprint density at radius 2 is 1.15 bits per heavy atom. The van der Waals surface area contributed by atoms with Crippen LogP contribution < -0.4 is 59.3 Å². The number of carbonyl (C=O) groups excluding carboxylic acids is 12. The number of pyridine rings is 1. The number of primary amides is 2. The molecule has 0 saturated carbocycles. The Morgan fingerprint density at radius 1 is 0.604 bits per heavy atom. The number of unbranched alkanes of at least 4 members (excludes halogenated alkanes) is 1. The van der Waals surface area contributed by atoms with Gasteiger partial charge in [0.25, 0.3) is 0 Å². The van der Waals surface area contributed by atoms with Crippen molar-refractivity contribution in [2.75, 3.05) is 26.7 Å². The van der Waals surface area contributed by atoms with Crippen molar-refractivity contribution in [2.45, 2.75) is 179 Å². The van der Waals surface area contributed by atoms with E-state index in [1.807, 2.05) is 56.3 Å². The Kier molecular flexibility index (Phi) is 30.9. The highest BCUT2D eigenvalue weighted by Crippen LogP contribution is 2.23. The van der Waals surface area contributed by atoms with Crippen LogP contribution in [0.2, 0.25) is 5.02 Å². The smallest absolute Gasteiger partial charge is 0.247 e. The summed E-state index contributed by atoms with van der Waals surface area (Å²) in [5, 5.41) is 47.9. The average Bonchev–Trinajstić information content (AvgIpc) is 1.71. The van der Waals surface area contributed by atoms with Crippen LogP contribution in [0.15, 0.2) is 116 Å². The number of rotatable bonds is 38. The molecule has 29 heteroatoms. The van der Waals surface area contributed by atoms with Crippen LogP contribution in [0.1, 0.15) is 109 Å². The minimum atomic E-state index is -1.85. The van der Waals surface area contributed by atoms with Gasteiger partial charge in [0.1, 0.15) is 66.2 Å². The predicted octanol–water partition coefficient (Wildman–Crippen LogP) is 1.17. The highest BCUT2D eigenvalue weighted by Gasteiger charge is 2.41. The fourth-order valence-corrected chi connectivity index (χ4v) is 11.8. The lowest BCUT2D eigenvalue weighted by Crippen LogP contribution is -2.62. The third-order valence-electron chi connectivity index (χ3n) is 17.1. The second-order valence-electron chi connectivity index (χ2n) is 26.1. The Balaban J connectivity index is 1.25. The zero-order chi connectivity index (χ0) is 74.0. The number of halogens is 1. The highest BCUT2D eigenvalue weighted by molar-refractivity contribution is 6.30. The molecular formula is C72H95ClN14O14. The molecular weight excluding hydrogens is 1320 g/mol. The van der Waals surface area contributed by atoms with Crippen molar-refractivity contribution in [3.63, 3.8) is 0 Å². The molecule has 1 saturated heterocycles. The third-order valence-corrected chi connectivity index (χ3v) is 17.4. The maximum absolute atomic E-state index is 14.9. The molecule has 544 valence electrons. The fraction of sp³-hybridized carbons (Fsp3) is 0.458. The molecule has 12 amide bonds. The first-order chi connectivity index (χ1) is 48.0. The summed E-state index contributed by atoms with van der Waals surface area (Å²) in [5.41, 5.74) is 13.1. The Bertz CT molecular complexity index is 3700. The van der Waals surface area contributed by atoms with Crippen molar-refractivity contribution < 1.29 is 67.7 Å². The van der Waals surface area contributed by atoms with Crippen molar-refractivity contribution in [2.24, 2.45) is 17.4 Å². The van der Waals surface area contributed by atoms with Crippen molar-refractivity contribution in [3.05, 3.63) is 143 Å². The molecule has 1 aromatic heterocycles. The van der Waals surface area contributed by atoms with Gasteiger partial charge in [0.2, 0.25) is 70.9 Å². The van der Waals surface area contributed by atoms with Crippen LogP contribution in [0.5, 0.6) is 5.75 Å². The van der Waals surface area contributed by atoms with Crippen LogP contribution >= 0.6 is 11.6 Å². The quantitative estimate of drug-likeness (QED) is 0.0247. The molecule has 28 nitrogen and oxygen atoms in total. The van der Waals surface area contributed by atoms with Crippen LogP contribution in [0.4, 0.5) is 0 Å². The number of aromatic nitrogens is 1.